The highest BCUT2D eigenvalue weighted by molar-refractivity contribution is 6.00. The molecule has 218 valence electrons. The van der Waals surface area contributed by atoms with Crippen molar-refractivity contribution < 1.29 is 9.72 Å². The van der Waals surface area contributed by atoms with Crippen molar-refractivity contribution in [2.45, 2.75) is 100 Å². The van der Waals surface area contributed by atoms with Crippen molar-refractivity contribution in [3.8, 4) is 0 Å². The van der Waals surface area contributed by atoms with E-state index in [2.05, 4.69) is 54.2 Å². The van der Waals surface area contributed by atoms with E-state index in [4.69, 9.17) is 0 Å². The topological polar surface area (TPSA) is 91.3 Å². The summed E-state index contributed by atoms with van der Waals surface area (Å²) in [6, 6.07) is 6.49. The first-order valence-corrected chi connectivity index (χ1v) is 14.8. The van der Waals surface area contributed by atoms with Crippen LogP contribution in [0.15, 0.2) is 24.4 Å². The molecule has 0 spiro atoms. The van der Waals surface area contributed by atoms with Crippen LogP contribution in [0.25, 0.3) is 10.9 Å². The zero-order valence-corrected chi connectivity index (χ0v) is 25.8. The Bertz CT molecular complexity index is 1350. The molecule has 4 rings (SSSR count). The van der Waals surface area contributed by atoms with E-state index in [1.807, 2.05) is 33.9 Å². The third kappa shape index (κ3) is 7.23. The lowest BCUT2D eigenvalue weighted by atomic mass is 9.93. The number of aromatic amines is 1. The fourth-order valence-corrected chi connectivity index (χ4v) is 5.63. The number of hydrogen-bond acceptors (Lipinski definition) is 4. The molecule has 0 saturated heterocycles. The Labute approximate surface area is 239 Å². The van der Waals surface area contributed by atoms with E-state index in [-0.39, 0.29) is 16.5 Å². The molecule has 3 aromatic rings. The van der Waals surface area contributed by atoms with Crippen LogP contribution < -0.4 is 10.2 Å². The number of carbonyl (C=O) groups is 1. The summed E-state index contributed by atoms with van der Waals surface area (Å²) in [5.74, 6) is -0.118. The lowest BCUT2D eigenvalue weighted by Crippen LogP contribution is -2.30. The second-order valence-electron chi connectivity index (χ2n) is 12.3. The van der Waals surface area contributed by atoms with Crippen LogP contribution in [0.1, 0.15) is 94.0 Å². The molecule has 7 heteroatoms. The van der Waals surface area contributed by atoms with Gasteiger partial charge in [0.2, 0.25) is 5.91 Å². The molecule has 0 bridgehead atoms. The molecule has 0 radical (unpaired) electrons. The van der Waals surface area contributed by atoms with Crippen LogP contribution in [0.2, 0.25) is 0 Å². The summed E-state index contributed by atoms with van der Waals surface area (Å²) in [5, 5.41) is 16.1. The minimum atomic E-state index is -0.568. The maximum atomic E-state index is 12.7. The molecule has 0 atom stereocenters. The number of amides is 1. The Morgan fingerprint density at radius 1 is 1.05 bits per heavy atom. The summed E-state index contributed by atoms with van der Waals surface area (Å²) >= 11 is 0. The number of unbranched alkanes of at least 4 members (excludes halogenated alkanes) is 5. The number of anilines is 2. The SMILES string of the molecule is CCCCCCCCN1CCc2c(C)c([N+](=O)[O-])c(C)c(NC(=O)C(C)(C)C)c21.Cc1cc(C)c2cc[nH]c2c1. The molecule has 0 aliphatic carbocycles. The Hall–Kier alpha value is -3.35. The lowest BCUT2D eigenvalue weighted by molar-refractivity contribution is -0.386. The molecular weight excluding hydrogens is 500 g/mol. The number of fused-ring (bicyclic) bond motifs is 2. The van der Waals surface area contributed by atoms with Gasteiger partial charge in [-0.2, -0.15) is 0 Å². The number of aryl methyl sites for hydroxylation is 2. The van der Waals surface area contributed by atoms with Crippen LogP contribution in [-0.2, 0) is 11.2 Å². The molecule has 1 aromatic heterocycles. The Kier molecular flexibility index (Phi) is 10.4. The molecule has 2 aromatic carbocycles. The zero-order valence-electron chi connectivity index (χ0n) is 25.8. The first-order valence-electron chi connectivity index (χ1n) is 14.8. The predicted molar refractivity (Wildman–Crippen MR) is 168 cm³/mol. The Morgan fingerprint density at radius 3 is 2.38 bits per heavy atom. The molecule has 2 N–H and O–H groups in total. The van der Waals surface area contributed by atoms with Crippen LogP contribution in [0.3, 0.4) is 0 Å². The van der Waals surface area contributed by atoms with Crippen LogP contribution in [-0.4, -0.2) is 28.9 Å². The maximum absolute atomic E-state index is 12.7. The fourth-order valence-electron chi connectivity index (χ4n) is 5.63. The number of hydrogen-bond donors (Lipinski definition) is 2. The van der Waals surface area contributed by atoms with Gasteiger partial charge in [-0.15, -0.1) is 0 Å². The van der Waals surface area contributed by atoms with E-state index in [0.717, 1.165) is 42.7 Å². The van der Waals surface area contributed by atoms with E-state index in [9.17, 15) is 14.9 Å². The molecule has 0 saturated carbocycles. The minimum absolute atomic E-state index is 0.118. The summed E-state index contributed by atoms with van der Waals surface area (Å²) in [7, 11) is 0. The first-order chi connectivity index (χ1) is 18.9. The first kappa shape index (κ1) is 31.2. The standard InChI is InChI=1S/C23H37N3O3.C10H11N/c1-7-8-9-10-11-12-14-25-15-13-18-16(2)20(26(28)29)17(3)19(21(18)25)24-22(27)23(4,5)6;1-7-5-8(2)9-3-4-11-10(9)6-7/h7-15H2,1-6H3,(H,24,27);3-6,11H,1-2H3. The van der Waals surface area contributed by atoms with Gasteiger partial charge in [-0.25, -0.2) is 0 Å². The second-order valence-corrected chi connectivity index (χ2v) is 12.3. The van der Waals surface area contributed by atoms with E-state index in [1.165, 1.54) is 54.1 Å². The normalized spacial score (nSPS) is 12.8. The predicted octanol–water partition coefficient (Wildman–Crippen LogP) is 8.70. The summed E-state index contributed by atoms with van der Waals surface area (Å²) in [5.41, 5.74) is 7.40. The van der Waals surface area contributed by atoms with Crippen molar-refractivity contribution in [2.24, 2.45) is 5.41 Å². The summed E-state index contributed by atoms with van der Waals surface area (Å²) < 4.78 is 0. The number of nitro benzene ring substituents is 1. The Balaban J connectivity index is 0.000000330. The van der Waals surface area contributed by atoms with Gasteiger partial charge in [0.05, 0.1) is 21.9 Å². The number of aromatic nitrogens is 1. The summed E-state index contributed by atoms with van der Waals surface area (Å²) in [4.78, 5) is 29.7. The molecular formula is C33H48N4O3. The van der Waals surface area contributed by atoms with Gasteiger partial charge >= 0.3 is 0 Å². The third-order valence-corrected chi connectivity index (χ3v) is 7.91. The average molecular weight is 549 g/mol. The van der Waals surface area contributed by atoms with Crippen molar-refractivity contribution in [2.75, 3.05) is 23.3 Å². The molecule has 1 aliphatic rings. The van der Waals surface area contributed by atoms with E-state index >= 15 is 0 Å². The lowest BCUT2D eigenvalue weighted by Gasteiger charge is -2.26. The van der Waals surface area contributed by atoms with Crippen LogP contribution in [0.5, 0.6) is 0 Å². The van der Waals surface area contributed by atoms with Gasteiger partial charge in [0.25, 0.3) is 5.69 Å². The zero-order chi connectivity index (χ0) is 29.6. The molecule has 0 fully saturated rings. The van der Waals surface area contributed by atoms with Gasteiger partial charge in [0, 0.05) is 41.2 Å². The van der Waals surface area contributed by atoms with E-state index in [0.29, 0.717) is 11.3 Å². The van der Waals surface area contributed by atoms with Crippen molar-refractivity contribution in [1.82, 2.24) is 4.98 Å². The van der Waals surface area contributed by atoms with Gasteiger partial charge < -0.3 is 15.2 Å². The third-order valence-electron chi connectivity index (χ3n) is 7.91. The van der Waals surface area contributed by atoms with Gasteiger partial charge in [0.1, 0.15) is 0 Å². The number of nitrogens with one attached hydrogen (secondary N) is 2. The monoisotopic (exact) mass is 548 g/mol. The van der Waals surface area contributed by atoms with E-state index < -0.39 is 5.41 Å². The maximum Gasteiger partial charge on any atom is 0.277 e. The second kappa shape index (κ2) is 13.3. The van der Waals surface area contributed by atoms with Crippen molar-refractivity contribution in [3.05, 3.63) is 62.3 Å². The number of H-pyrrole nitrogens is 1. The number of rotatable bonds is 9. The highest BCUT2D eigenvalue weighted by Gasteiger charge is 2.34. The van der Waals surface area contributed by atoms with Gasteiger partial charge in [-0.05, 0) is 69.4 Å². The van der Waals surface area contributed by atoms with Crippen LogP contribution in [0.4, 0.5) is 17.1 Å². The average Bonchev–Trinajstić information content (AvgIpc) is 3.51. The van der Waals surface area contributed by atoms with Gasteiger partial charge in [-0.1, -0.05) is 65.9 Å². The number of nitrogens with zero attached hydrogens (tertiary/aromatic N) is 2. The number of benzene rings is 2. The van der Waals surface area contributed by atoms with Gasteiger partial charge in [-0.3, -0.25) is 14.9 Å². The highest BCUT2D eigenvalue weighted by Crippen LogP contribution is 2.45. The quantitative estimate of drug-likeness (QED) is 0.159. The van der Waals surface area contributed by atoms with Crippen LogP contribution in [0, 0.1) is 43.2 Å². The summed E-state index contributed by atoms with van der Waals surface area (Å²) in [6.07, 6.45) is 10.1. The summed E-state index contributed by atoms with van der Waals surface area (Å²) in [6.45, 7) is 17.4. The van der Waals surface area contributed by atoms with Crippen molar-refractivity contribution >= 4 is 33.9 Å². The highest BCUT2D eigenvalue weighted by atomic mass is 16.6. The molecule has 7 nitrogen and oxygen atoms in total. The largest absolute Gasteiger partial charge is 0.369 e. The number of carbonyl (C=O) groups excluding carboxylic acids is 1. The molecule has 40 heavy (non-hydrogen) atoms. The van der Waals surface area contributed by atoms with Crippen LogP contribution >= 0.6 is 0 Å². The minimum Gasteiger partial charge on any atom is -0.369 e. The van der Waals surface area contributed by atoms with Crippen molar-refractivity contribution in [3.63, 3.8) is 0 Å². The van der Waals surface area contributed by atoms with Gasteiger partial charge in [0.15, 0.2) is 0 Å². The Morgan fingerprint density at radius 2 is 1.73 bits per heavy atom. The molecule has 0 unspecified atom stereocenters. The van der Waals surface area contributed by atoms with Crippen molar-refractivity contribution in [1.29, 1.82) is 0 Å². The molecule has 2 heterocycles. The smallest absolute Gasteiger partial charge is 0.277 e. The molecule has 1 aliphatic heterocycles. The number of nitro groups is 1. The van der Waals surface area contributed by atoms with E-state index in [1.54, 1.807) is 6.92 Å². The molecule has 1 amide bonds. The fraction of sp³-hybridized carbons (Fsp3) is 0.545.